The molecule has 0 saturated carbocycles. The number of rotatable bonds is 24. The molecule has 0 fully saturated rings. The molecule has 18 heteroatoms. The number of nitrogens with zero attached hydrogens (tertiary/aromatic N) is 6. The lowest BCUT2D eigenvalue weighted by Crippen LogP contribution is -2.55. The van der Waals surface area contributed by atoms with Crippen LogP contribution in [0.5, 0.6) is 46.0 Å². The Morgan fingerprint density at radius 1 is 0.327 bits per heavy atom. The van der Waals surface area contributed by atoms with E-state index in [0.717, 1.165) is 54.3 Å². The summed E-state index contributed by atoms with van der Waals surface area (Å²) < 4.78 is 29.7. The smallest absolute Gasteiger partial charge is 0.262 e. The van der Waals surface area contributed by atoms with Gasteiger partial charge in [0.05, 0.1) is 22.3 Å². The van der Waals surface area contributed by atoms with Gasteiger partial charge in [-0.15, -0.1) is 0 Å². The largest absolute Gasteiger partial charge is 0.457 e. The predicted octanol–water partition coefficient (Wildman–Crippen LogP) is 19.2. The Balaban J connectivity index is 1.02. The molecule has 18 nitrogen and oxygen atoms in total. The lowest BCUT2D eigenvalue weighted by Gasteiger charge is -2.37. The maximum absolute atomic E-state index is 16.6. The van der Waals surface area contributed by atoms with E-state index in [9.17, 15) is 0 Å². The highest BCUT2D eigenvalue weighted by atomic mass is 16.5. The number of fused-ring (bicyclic) bond motifs is 2. The zero-order chi connectivity index (χ0) is 75.3. The van der Waals surface area contributed by atoms with Gasteiger partial charge in [0.1, 0.15) is 69.7 Å². The number of hydrogen-bond acceptors (Lipinski definition) is 12. The third kappa shape index (κ3) is 12.4. The van der Waals surface area contributed by atoms with Crippen molar-refractivity contribution >= 4 is 78.5 Å². The van der Waals surface area contributed by atoms with E-state index in [0.29, 0.717) is 34.6 Å². The zero-order valence-corrected chi connectivity index (χ0v) is 60.6. The Morgan fingerprint density at radius 2 is 0.564 bits per heavy atom. The van der Waals surface area contributed by atoms with E-state index in [1.54, 1.807) is 58.9 Å². The molecule has 2 unspecified atom stereocenters. The van der Waals surface area contributed by atoms with Crippen LogP contribution in [-0.4, -0.2) is 113 Å². The maximum Gasteiger partial charge on any atom is 0.262 e. The van der Waals surface area contributed by atoms with Crippen molar-refractivity contribution in [3.05, 3.63) is 301 Å². The first-order valence-corrected chi connectivity index (χ1v) is 36.9. The molecule has 2 aliphatic rings. The van der Waals surface area contributed by atoms with E-state index in [1.165, 1.54) is 0 Å². The summed E-state index contributed by atoms with van der Waals surface area (Å²) in [6.45, 7) is 8.45. The van der Waals surface area contributed by atoms with Gasteiger partial charge in [-0.25, -0.2) is 9.97 Å². The second-order valence-corrected chi connectivity index (χ2v) is 27.2. The van der Waals surface area contributed by atoms with Crippen LogP contribution in [0.25, 0.3) is 87.6 Å². The summed E-state index contributed by atoms with van der Waals surface area (Å²) >= 11 is 0. The van der Waals surface area contributed by atoms with Gasteiger partial charge in [-0.05, 0) is 145 Å². The van der Waals surface area contributed by atoms with Crippen LogP contribution in [0.15, 0.2) is 267 Å². The molecule has 0 aliphatic carbocycles. The van der Waals surface area contributed by atoms with Gasteiger partial charge in [0.15, 0.2) is 0 Å². The number of aromatic amines is 2. The lowest BCUT2D eigenvalue weighted by molar-refractivity contribution is -0.135. The number of ether oxygens (including phenoxy) is 4. The summed E-state index contributed by atoms with van der Waals surface area (Å²) in [5.74, 6) is -1.80. The highest BCUT2D eigenvalue weighted by Gasteiger charge is 2.47. The number of likely N-dealkylation sites (N-methyl/N-ethyl adjacent to an activating group) is 2. The Morgan fingerprint density at radius 3 is 0.782 bits per heavy atom. The van der Waals surface area contributed by atoms with E-state index in [-0.39, 0.29) is 127 Å². The fraction of sp³-hybridized carbons (Fsp3) is 0.130. The second kappa shape index (κ2) is 29.0. The van der Waals surface area contributed by atoms with Crippen molar-refractivity contribution in [2.45, 2.75) is 52.6 Å². The fourth-order valence-corrected chi connectivity index (χ4v) is 15.6. The number of imidazole rings is 2. The maximum atomic E-state index is 16.6. The highest BCUT2D eigenvalue weighted by molar-refractivity contribution is 6.45. The minimum atomic E-state index is -1.42. The number of carbonyl (C=O) groups is 6. The van der Waals surface area contributed by atoms with E-state index in [4.69, 9.17) is 18.9 Å². The average molecular weight is 1450 g/mol. The highest BCUT2D eigenvalue weighted by Crippen LogP contribution is 2.58. The van der Waals surface area contributed by atoms with Gasteiger partial charge in [0.2, 0.25) is 11.8 Å². The summed E-state index contributed by atoms with van der Waals surface area (Å²) in [6, 6.07) is 73.2. The van der Waals surface area contributed by atoms with Crippen LogP contribution < -0.4 is 18.9 Å². The summed E-state index contributed by atoms with van der Waals surface area (Å²) in [6.07, 6.45) is 6.02. The molecule has 0 spiro atoms. The van der Waals surface area contributed by atoms with Crippen LogP contribution in [0.3, 0.4) is 0 Å². The predicted molar refractivity (Wildman–Crippen MR) is 424 cm³/mol. The Kier molecular flexibility index (Phi) is 18.2. The molecule has 6 amide bonds. The Labute approximate surface area is 633 Å². The first-order valence-electron chi connectivity index (χ1n) is 36.9. The number of nitrogens with one attached hydrogen (secondary N) is 2. The van der Waals surface area contributed by atoms with Crippen molar-refractivity contribution in [2.24, 2.45) is 0 Å². The third-order valence-electron chi connectivity index (χ3n) is 20.9. The van der Waals surface area contributed by atoms with E-state index in [2.05, 4.69) is 19.9 Å². The Hall–Kier alpha value is -14.0. The summed E-state index contributed by atoms with van der Waals surface area (Å²) in [7, 11) is 0. The van der Waals surface area contributed by atoms with E-state index >= 15 is 28.8 Å². The zero-order valence-electron chi connectivity index (χ0n) is 60.6. The fourth-order valence-electron chi connectivity index (χ4n) is 15.6. The minimum absolute atomic E-state index is 0.000448. The molecule has 110 heavy (non-hydrogen) atoms. The van der Waals surface area contributed by atoms with Crippen LogP contribution in [-0.2, 0) is 22.4 Å². The van der Waals surface area contributed by atoms with Gasteiger partial charge in [-0.2, -0.15) is 0 Å². The minimum Gasteiger partial charge on any atom is -0.457 e. The number of benzene rings is 13. The van der Waals surface area contributed by atoms with Gasteiger partial charge >= 0.3 is 0 Å². The van der Waals surface area contributed by atoms with Gasteiger partial charge < -0.3 is 38.7 Å². The molecule has 2 atom stereocenters. The first kappa shape index (κ1) is 69.1. The number of aromatic nitrogens is 4. The van der Waals surface area contributed by atoms with Gasteiger partial charge in [0, 0.05) is 107 Å². The average Bonchev–Trinajstić information content (AvgIpc) is 0.704. The molecule has 0 radical (unpaired) electrons. The SMILES string of the molecule is CCN(CC)C(=O)C(Cc1ncc[nH]1)N1C(=O)c2cc(Oc3ccc(-c4ccccc4)cc3)c3c4c(Oc5ccc(-c6ccccc6)cc5)cc5c6c(cc(Oc7ccc(-c8ccccc8)cc7)c(c7c(Oc8ccc(-c9ccccc9)cc8)cc(c2c37)C1=O)c64)C(=O)N(C(Cc1ncc[nH]1)C(=O)N(CC)CC)C5=O. The van der Waals surface area contributed by atoms with Gasteiger partial charge in [-0.1, -0.05) is 170 Å². The van der Waals surface area contributed by atoms with Crippen molar-refractivity contribution in [2.75, 3.05) is 26.2 Å². The van der Waals surface area contributed by atoms with Crippen LogP contribution in [0.2, 0.25) is 0 Å². The van der Waals surface area contributed by atoms with Crippen LogP contribution in [0.1, 0.15) is 80.8 Å². The van der Waals surface area contributed by atoms with Crippen molar-refractivity contribution in [3.8, 4) is 90.5 Å². The Bertz CT molecular complexity index is 5350. The molecule has 540 valence electrons. The molecule has 2 aromatic heterocycles. The third-order valence-corrected chi connectivity index (χ3v) is 20.9. The quantitative estimate of drug-likeness (QED) is 0.0329. The van der Waals surface area contributed by atoms with Crippen LogP contribution in [0.4, 0.5) is 0 Å². The molecule has 17 rings (SSSR count). The molecule has 0 saturated heterocycles. The molecule has 0 bridgehead atoms. The van der Waals surface area contributed by atoms with E-state index < -0.39 is 47.5 Å². The van der Waals surface area contributed by atoms with Crippen LogP contribution in [0, 0.1) is 0 Å². The number of hydrogen-bond donors (Lipinski definition) is 2. The van der Waals surface area contributed by atoms with Gasteiger partial charge in [0.25, 0.3) is 23.6 Å². The lowest BCUT2D eigenvalue weighted by atomic mass is 9.80. The standard InChI is InChI=1S/C92H72N8O10/c1-5-97(6-2)91(105)71(53-77-93-45-46-94-77)99-87(101)67-49-73(107-63-37-29-59(30-38-63)55-21-13-9-14-22-55)81-83-75(109-65-41-33-61(34-42-65)57-25-17-11-18-26-57)51-69-80-70(90(104)100(89(69)103)72(54-78-95-47-48-96-78)92(106)98(7-3)8-4)52-76(110-66-43-35-62(36-44-66)58-27-19-12-20-28-58)84(86(80)83)82-74(50-68(88(99)102)79(67)85(81)82)108-64-39-31-60(32-40-64)56-23-15-10-16-24-56/h9-52,71-72H,5-8,53-54H2,1-4H3,(H,93,94)(H,95,96). The monoisotopic (exact) mass is 1450 g/mol. The van der Waals surface area contributed by atoms with Gasteiger partial charge in [-0.3, -0.25) is 38.6 Å². The van der Waals surface area contributed by atoms with Crippen molar-refractivity contribution < 1.29 is 47.7 Å². The number of carbonyl (C=O) groups excluding carboxylic acids is 6. The second-order valence-electron chi connectivity index (χ2n) is 27.2. The number of H-pyrrole nitrogens is 2. The molecule has 15 aromatic rings. The molecular weight excluding hydrogens is 1380 g/mol. The molecule has 13 aromatic carbocycles. The topological polar surface area (TPSA) is 210 Å². The normalized spacial score (nSPS) is 13.2. The number of imide groups is 2. The summed E-state index contributed by atoms with van der Waals surface area (Å²) in [5, 5.41) is 2.00. The molecule has 2 aliphatic heterocycles. The van der Waals surface area contributed by atoms with Crippen molar-refractivity contribution in [1.82, 2.24) is 39.5 Å². The van der Waals surface area contributed by atoms with E-state index in [1.807, 2.05) is 246 Å². The van der Waals surface area contributed by atoms with Crippen molar-refractivity contribution in [1.29, 1.82) is 0 Å². The van der Waals surface area contributed by atoms with Crippen LogP contribution >= 0.6 is 0 Å². The summed E-state index contributed by atoms with van der Waals surface area (Å²) in [5.41, 5.74) is 7.37. The number of amides is 6. The molecule has 4 heterocycles. The van der Waals surface area contributed by atoms with Crippen molar-refractivity contribution in [3.63, 3.8) is 0 Å². The molecular formula is C92H72N8O10. The summed E-state index contributed by atoms with van der Waals surface area (Å²) in [4.78, 5) is 118. The first-order chi connectivity index (χ1) is 53.9. The molecule has 2 N–H and O–H groups in total.